The van der Waals surface area contributed by atoms with Gasteiger partial charge >= 0.3 is 0 Å². The molecule has 10 nitrogen and oxygen atoms in total. The fourth-order valence-corrected chi connectivity index (χ4v) is 5.02. The molecular formula is C28H27F2N5O5. The summed E-state index contributed by atoms with van der Waals surface area (Å²) < 4.78 is 42.6. The van der Waals surface area contributed by atoms with Crippen LogP contribution in [0.25, 0.3) is 17.2 Å². The molecule has 208 valence electrons. The molecule has 1 atom stereocenters. The van der Waals surface area contributed by atoms with E-state index in [1.165, 1.54) is 25.2 Å². The van der Waals surface area contributed by atoms with Crippen LogP contribution < -0.4 is 15.0 Å². The van der Waals surface area contributed by atoms with Gasteiger partial charge in [-0.2, -0.15) is 10.1 Å². The largest absolute Gasteiger partial charge is 0.494 e. The zero-order valence-corrected chi connectivity index (χ0v) is 22.1. The molecule has 0 aliphatic carbocycles. The summed E-state index contributed by atoms with van der Waals surface area (Å²) in [4.78, 5) is 33.3. The number of benzene rings is 2. The van der Waals surface area contributed by atoms with Crippen molar-refractivity contribution in [2.24, 2.45) is 0 Å². The van der Waals surface area contributed by atoms with Gasteiger partial charge < -0.3 is 19.5 Å². The first-order chi connectivity index (χ1) is 19.3. The van der Waals surface area contributed by atoms with Gasteiger partial charge in [-0.15, -0.1) is 0 Å². The summed E-state index contributed by atoms with van der Waals surface area (Å²) in [6, 6.07) is 10.1. The molecule has 1 aliphatic rings. The summed E-state index contributed by atoms with van der Waals surface area (Å²) in [7, 11) is 2.84. The van der Waals surface area contributed by atoms with Gasteiger partial charge in [0.25, 0.3) is 11.5 Å². The minimum absolute atomic E-state index is 0.0400. The number of halogens is 2. The standard InChI is InChI=1S/C28H27F2N5O5/c1-4-34-14-12-19(32-34)25-31-26(36)23(28(38)35(25)24-20(39-2)9-6-10-21(24)40-3)27(37)33-13-11-16(15-33)22-17(29)7-5-8-18(22)30/h5-10,12,14,16,36H,4,11,13,15H2,1-3H3. The number of aryl methyl sites for hydroxylation is 1. The van der Waals surface area contributed by atoms with E-state index < -0.39 is 40.5 Å². The van der Waals surface area contributed by atoms with Crippen molar-refractivity contribution in [3.05, 3.63) is 81.8 Å². The van der Waals surface area contributed by atoms with Crippen molar-refractivity contribution in [3.63, 3.8) is 0 Å². The fraction of sp³-hybridized carbons (Fsp3) is 0.286. The second-order valence-electron chi connectivity index (χ2n) is 9.21. The third-order valence-corrected chi connectivity index (χ3v) is 6.98. The van der Waals surface area contributed by atoms with E-state index in [4.69, 9.17) is 9.47 Å². The average molecular weight is 552 g/mol. The van der Waals surface area contributed by atoms with Gasteiger partial charge in [-0.05, 0) is 43.7 Å². The normalized spacial score (nSPS) is 14.9. The molecule has 1 unspecified atom stereocenters. The maximum absolute atomic E-state index is 14.4. The summed E-state index contributed by atoms with van der Waals surface area (Å²) in [5.74, 6) is -3.17. The van der Waals surface area contributed by atoms with Crippen LogP contribution in [0.2, 0.25) is 0 Å². The molecule has 1 fully saturated rings. The summed E-state index contributed by atoms with van der Waals surface area (Å²) in [6.07, 6.45) is 1.96. The lowest BCUT2D eigenvalue weighted by Gasteiger charge is -2.21. The minimum atomic E-state index is -0.887. The quantitative estimate of drug-likeness (QED) is 0.372. The Balaban J connectivity index is 1.65. The number of aromatic nitrogens is 4. The minimum Gasteiger partial charge on any atom is -0.494 e. The number of ether oxygens (including phenoxy) is 2. The summed E-state index contributed by atoms with van der Waals surface area (Å²) >= 11 is 0. The van der Waals surface area contributed by atoms with Crippen molar-refractivity contribution in [1.29, 1.82) is 0 Å². The molecule has 1 amide bonds. The van der Waals surface area contributed by atoms with Crippen molar-refractivity contribution < 1.29 is 28.2 Å². The predicted molar refractivity (Wildman–Crippen MR) is 141 cm³/mol. The molecule has 0 saturated carbocycles. The van der Waals surface area contributed by atoms with E-state index in [1.54, 1.807) is 35.1 Å². The summed E-state index contributed by atoms with van der Waals surface area (Å²) in [5, 5.41) is 15.4. The molecule has 12 heteroatoms. The average Bonchev–Trinajstić information content (AvgIpc) is 3.63. The zero-order chi connectivity index (χ0) is 28.6. The van der Waals surface area contributed by atoms with Crippen LogP contribution in [0.15, 0.2) is 53.5 Å². The summed E-state index contributed by atoms with van der Waals surface area (Å²) in [5.41, 5.74) is -1.17. The van der Waals surface area contributed by atoms with Gasteiger partial charge in [0.1, 0.15) is 34.5 Å². The van der Waals surface area contributed by atoms with Gasteiger partial charge in [0.2, 0.25) is 5.88 Å². The zero-order valence-electron chi connectivity index (χ0n) is 22.1. The maximum atomic E-state index is 14.4. The van der Waals surface area contributed by atoms with E-state index in [0.29, 0.717) is 6.54 Å². The Morgan fingerprint density at radius 2 is 1.73 bits per heavy atom. The molecule has 0 spiro atoms. The third kappa shape index (κ3) is 4.55. The van der Waals surface area contributed by atoms with Crippen LogP contribution in [0, 0.1) is 11.6 Å². The second-order valence-corrected chi connectivity index (χ2v) is 9.21. The number of hydrogen-bond acceptors (Lipinski definition) is 7. The molecule has 4 aromatic rings. The number of nitrogens with zero attached hydrogens (tertiary/aromatic N) is 5. The van der Waals surface area contributed by atoms with E-state index in [2.05, 4.69) is 10.1 Å². The highest BCUT2D eigenvalue weighted by Gasteiger charge is 2.35. The summed E-state index contributed by atoms with van der Waals surface area (Å²) in [6.45, 7) is 2.51. The van der Waals surface area contributed by atoms with E-state index in [1.807, 2.05) is 6.92 Å². The first-order valence-corrected chi connectivity index (χ1v) is 12.6. The topological polar surface area (TPSA) is 112 Å². The van der Waals surface area contributed by atoms with Gasteiger partial charge in [0.15, 0.2) is 11.4 Å². The van der Waals surface area contributed by atoms with Gasteiger partial charge in [0.05, 0.1) is 14.2 Å². The Hall–Kier alpha value is -4.74. The lowest BCUT2D eigenvalue weighted by molar-refractivity contribution is 0.0784. The Bertz CT molecular complexity index is 1610. The Labute approximate surface area is 228 Å². The lowest BCUT2D eigenvalue weighted by atomic mass is 9.97. The van der Waals surface area contributed by atoms with Gasteiger partial charge in [0, 0.05) is 37.3 Å². The number of likely N-dealkylation sites (tertiary alicyclic amines) is 1. The van der Waals surface area contributed by atoms with Crippen LogP contribution in [0.3, 0.4) is 0 Å². The van der Waals surface area contributed by atoms with Gasteiger partial charge in [-0.25, -0.2) is 8.78 Å². The number of methoxy groups -OCH3 is 2. The van der Waals surface area contributed by atoms with Crippen molar-refractivity contribution in [2.45, 2.75) is 25.8 Å². The molecule has 0 bridgehead atoms. The Morgan fingerprint density at radius 1 is 1.07 bits per heavy atom. The predicted octanol–water partition coefficient (Wildman–Crippen LogP) is 3.75. The SMILES string of the molecule is CCn1ccc(-c2nc(O)c(C(=O)N3CCC(c4c(F)cccc4F)C3)c(=O)n2-c2c(OC)cccc2OC)n1. The molecule has 2 aromatic heterocycles. The highest BCUT2D eigenvalue weighted by atomic mass is 19.1. The van der Waals surface area contributed by atoms with Crippen molar-refractivity contribution in [1.82, 2.24) is 24.2 Å². The number of aromatic hydroxyl groups is 1. The number of carbonyl (C=O) groups is 1. The first-order valence-electron chi connectivity index (χ1n) is 12.6. The molecule has 1 N–H and O–H groups in total. The Morgan fingerprint density at radius 3 is 2.33 bits per heavy atom. The van der Waals surface area contributed by atoms with Gasteiger partial charge in [-0.3, -0.25) is 18.8 Å². The van der Waals surface area contributed by atoms with E-state index in [0.717, 1.165) is 16.7 Å². The molecule has 40 heavy (non-hydrogen) atoms. The van der Waals surface area contributed by atoms with Crippen LogP contribution in [0.4, 0.5) is 8.78 Å². The molecule has 2 aromatic carbocycles. The number of rotatable bonds is 7. The molecule has 3 heterocycles. The van der Waals surface area contributed by atoms with Crippen molar-refractivity contribution in [2.75, 3.05) is 27.3 Å². The van der Waals surface area contributed by atoms with Crippen LogP contribution in [-0.4, -0.2) is 62.6 Å². The molecule has 0 radical (unpaired) electrons. The molecule has 5 rings (SSSR count). The monoisotopic (exact) mass is 551 g/mol. The lowest BCUT2D eigenvalue weighted by Crippen LogP contribution is -2.36. The van der Waals surface area contributed by atoms with Crippen LogP contribution in [0.1, 0.15) is 35.2 Å². The molecule has 1 aliphatic heterocycles. The van der Waals surface area contributed by atoms with Crippen LogP contribution in [-0.2, 0) is 6.54 Å². The van der Waals surface area contributed by atoms with Crippen molar-refractivity contribution in [3.8, 4) is 34.6 Å². The third-order valence-electron chi connectivity index (χ3n) is 6.98. The number of carbonyl (C=O) groups excluding carboxylic acids is 1. The van der Waals surface area contributed by atoms with E-state index in [9.17, 15) is 23.5 Å². The fourth-order valence-electron chi connectivity index (χ4n) is 5.02. The molecule has 1 saturated heterocycles. The second kappa shape index (κ2) is 10.8. The number of hydrogen-bond donors (Lipinski definition) is 1. The van der Waals surface area contributed by atoms with Crippen LogP contribution >= 0.6 is 0 Å². The highest BCUT2D eigenvalue weighted by molar-refractivity contribution is 5.96. The highest BCUT2D eigenvalue weighted by Crippen LogP contribution is 2.36. The van der Waals surface area contributed by atoms with Gasteiger partial charge in [-0.1, -0.05) is 12.1 Å². The van der Waals surface area contributed by atoms with Crippen LogP contribution in [0.5, 0.6) is 17.4 Å². The van der Waals surface area contributed by atoms with Crippen molar-refractivity contribution >= 4 is 5.91 Å². The smallest absolute Gasteiger partial charge is 0.275 e. The number of para-hydroxylation sites is 1. The molecular weight excluding hydrogens is 524 g/mol. The first kappa shape index (κ1) is 26.9. The van der Waals surface area contributed by atoms with E-state index >= 15 is 0 Å². The Kier molecular flexibility index (Phi) is 7.24. The number of amides is 1. The van der Waals surface area contributed by atoms with E-state index in [-0.39, 0.29) is 53.8 Å². The maximum Gasteiger partial charge on any atom is 0.275 e.